The van der Waals surface area contributed by atoms with Crippen LogP contribution in [0.25, 0.3) is 0 Å². The van der Waals surface area contributed by atoms with E-state index in [0.29, 0.717) is 40.3 Å². The van der Waals surface area contributed by atoms with Crippen molar-refractivity contribution in [3.8, 4) is 0 Å². The molecule has 0 N–H and O–H groups in total. The van der Waals surface area contributed by atoms with Gasteiger partial charge in [0.05, 0.1) is 17.1 Å². The van der Waals surface area contributed by atoms with Gasteiger partial charge in [0, 0.05) is 35.0 Å². The molecule has 1 heterocycles. The fourth-order valence-corrected chi connectivity index (χ4v) is 3.83. The Balaban J connectivity index is 1.81. The minimum atomic E-state index is -0.0981. The SMILES string of the molecule is CCCN(Cc1cccn1Cc1cccc(Cl)c1)C(=O)c1ccc(Cl)cc1Cl. The summed E-state index contributed by atoms with van der Waals surface area (Å²) in [6, 6.07) is 16.8. The van der Waals surface area contributed by atoms with Gasteiger partial charge in [-0.05, 0) is 54.4 Å². The van der Waals surface area contributed by atoms with Crippen LogP contribution in [0.4, 0.5) is 0 Å². The standard InChI is InChI=1S/C22H21Cl3N2O/c1-2-10-27(22(28)20-9-8-18(24)13-21(20)25)15-19-7-4-11-26(19)14-16-5-3-6-17(23)12-16/h3-9,11-13H,2,10,14-15H2,1H3. The van der Waals surface area contributed by atoms with Crippen LogP contribution < -0.4 is 0 Å². The normalized spacial score (nSPS) is 10.9. The zero-order chi connectivity index (χ0) is 20.1. The molecule has 0 unspecified atom stereocenters. The average molecular weight is 436 g/mol. The van der Waals surface area contributed by atoms with Crippen molar-refractivity contribution in [2.24, 2.45) is 0 Å². The summed E-state index contributed by atoms with van der Waals surface area (Å²) in [6.45, 7) is 3.88. The number of rotatable bonds is 7. The topological polar surface area (TPSA) is 25.2 Å². The second kappa shape index (κ2) is 9.51. The molecule has 0 aliphatic rings. The number of amides is 1. The van der Waals surface area contributed by atoms with Crippen molar-refractivity contribution in [1.82, 2.24) is 9.47 Å². The minimum Gasteiger partial charge on any atom is -0.345 e. The summed E-state index contributed by atoms with van der Waals surface area (Å²) in [4.78, 5) is 14.9. The van der Waals surface area contributed by atoms with Crippen LogP contribution in [0.2, 0.25) is 15.1 Å². The molecule has 0 aliphatic heterocycles. The van der Waals surface area contributed by atoms with Crippen LogP contribution in [0.5, 0.6) is 0 Å². The Morgan fingerprint density at radius 1 is 1.00 bits per heavy atom. The number of benzene rings is 2. The number of carbonyl (C=O) groups is 1. The smallest absolute Gasteiger partial charge is 0.255 e. The zero-order valence-corrected chi connectivity index (χ0v) is 17.8. The van der Waals surface area contributed by atoms with Gasteiger partial charge in [0.2, 0.25) is 0 Å². The number of carbonyl (C=O) groups excluding carboxylic acids is 1. The summed E-state index contributed by atoms with van der Waals surface area (Å²) in [5.74, 6) is -0.0981. The molecule has 28 heavy (non-hydrogen) atoms. The first kappa shape index (κ1) is 20.8. The predicted octanol–water partition coefficient (Wildman–Crippen LogP) is 6.55. The molecular formula is C22H21Cl3N2O. The van der Waals surface area contributed by atoms with Crippen molar-refractivity contribution in [3.63, 3.8) is 0 Å². The van der Waals surface area contributed by atoms with Crippen molar-refractivity contribution in [2.75, 3.05) is 6.54 Å². The first-order chi connectivity index (χ1) is 13.5. The van der Waals surface area contributed by atoms with E-state index in [9.17, 15) is 4.79 Å². The fourth-order valence-electron chi connectivity index (χ4n) is 3.13. The van der Waals surface area contributed by atoms with Crippen LogP contribution in [0.15, 0.2) is 60.8 Å². The summed E-state index contributed by atoms with van der Waals surface area (Å²) >= 11 is 18.3. The molecule has 2 aromatic carbocycles. The Morgan fingerprint density at radius 2 is 1.79 bits per heavy atom. The molecule has 1 amide bonds. The van der Waals surface area contributed by atoms with Gasteiger partial charge in [0.25, 0.3) is 5.91 Å². The number of aromatic nitrogens is 1. The lowest BCUT2D eigenvalue weighted by Crippen LogP contribution is -2.32. The van der Waals surface area contributed by atoms with E-state index in [0.717, 1.165) is 17.7 Å². The van der Waals surface area contributed by atoms with Gasteiger partial charge < -0.3 is 9.47 Å². The molecule has 0 saturated heterocycles. The third-order valence-electron chi connectivity index (χ3n) is 4.46. The maximum atomic E-state index is 13.1. The molecule has 3 rings (SSSR count). The first-order valence-electron chi connectivity index (χ1n) is 9.10. The van der Waals surface area contributed by atoms with Crippen molar-refractivity contribution in [3.05, 3.63) is 92.7 Å². The van der Waals surface area contributed by atoms with E-state index in [4.69, 9.17) is 34.8 Å². The van der Waals surface area contributed by atoms with E-state index in [-0.39, 0.29) is 5.91 Å². The highest BCUT2D eigenvalue weighted by Crippen LogP contribution is 2.23. The highest BCUT2D eigenvalue weighted by molar-refractivity contribution is 6.36. The molecule has 0 saturated carbocycles. The molecule has 0 radical (unpaired) electrons. The quantitative estimate of drug-likeness (QED) is 0.413. The third-order valence-corrected chi connectivity index (χ3v) is 5.24. The molecule has 3 nitrogen and oxygen atoms in total. The second-order valence-corrected chi connectivity index (χ2v) is 7.89. The minimum absolute atomic E-state index is 0.0981. The molecule has 0 spiro atoms. The maximum Gasteiger partial charge on any atom is 0.255 e. The number of halogens is 3. The summed E-state index contributed by atoms with van der Waals surface area (Å²) < 4.78 is 2.13. The molecule has 1 aromatic heterocycles. The van der Waals surface area contributed by atoms with E-state index in [2.05, 4.69) is 11.5 Å². The van der Waals surface area contributed by atoms with Crippen molar-refractivity contribution >= 4 is 40.7 Å². The van der Waals surface area contributed by atoms with Crippen molar-refractivity contribution in [2.45, 2.75) is 26.4 Å². The Kier molecular flexibility index (Phi) is 7.06. The average Bonchev–Trinajstić information content (AvgIpc) is 3.07. The summed E-state index contributed by atoms with van der Waals surface area (Å²) in [5.41, 5.74) is 2.62. The zero-order valence-electron chi connectivity index (χ0n) is 15.5. The van der Waals surface area contributed by atoms with Gasteiger partial charge in [0.1, 0.15) is 0 Å². The Labute approximate surface area is 180 Å². The monoisotopic (exact) mass is 434 g/mol. The van der Waals surface area contributed by atoms with E-state index >= 15 is 0 Å². The van der Waals surface area contributed by atoms with E-state index in [1.54, 1.807) is 18.2 Å². The Morgan fingerprint density at radius 3 is 2.50 bits per heavy atom. The first-order valence-corrected chi connectivity index (χ1v) is 10.2. The van der Waals surface area contributed by atoms with Crippen LogP contribution in [-0.2, 0) is 13.1 Å². The van der Waals surface area contributed by atoms with E-state index < -0.39 is 0 Å². The summed E-state index contributed by atoms with van der Waals surface area (Å²) in [6.07, 6.45) is 2.87. The molecule has 3 aromatic rings. The molecular weight excluding hydrogens is 415 g/mol. The highest BCUT2D eigenvalue weighted by atomic mass is 35.5. The van der Waals surface area contributed by atoms with Crippen LogP contribution in [0.3, 0.4) is 0 Å². The van der Waals surface area contributed by atoms with Crippen LogP contribution in [0.1, 0.15) is 35.0 Å². The molecule has 0 bridgehead atoms. The predicted molar refractivity (Wildman–Crippen MR) is 116 cm³/mol. The van der Waals surface area contributed by atoms with E-state index in [1.165, 1.54) is 0 Å². The summed E-state index contributed by atoms with van der Waals surface area (Å²) in [5, 5.41) is 1.60. The third kappa shape index (κ3) is 5.11. The van der Waals surface area contributed by atoms with Gasteiger partial charge in [-0.1, -0.05) is 53.9 Å². The van der Waals surface area contributed by atoms with Gasteiger partial charge in [-0.15, -0.1) is 0 Å². The van der Waals surface area contributed by atoms with Crippen LogP contribution >= 0.6 is 34.8 Å². The van der Waals surface area contributed by atoms with Crippen LogP contribution in [0, 0.1) is 0 Å². The number of hydrogen-bond acceptors (Lipinski definition) is 1. The molecule has 6 heteroatoms. The highest BCUT2D eigenvalue weighted by Gasteiger charge is 2.19. The Hall–Kier alpha value is -1.94. The van der Waals surface area contributed by atoms with Gasteiger partial charge in [-0.3, -0.25) is 4.79 Å². The number of hydrogen-bond donors (Lipinski definition) is 0. The van der Waals surface area contributed by atoms with Gasteiger partial charge in [-0.25, -0.2) is 0 Å². The van der Waals surface area contributed by atoms with Crippen molar-refractivity contribution in [1.29, 1.82) is 0 Å². The van der Waals surface area contributed by atoms with Gasteiger partial charge in [0.15, 0.2) is 0 Å². The second-order valence-electron chi connectivity index (χ2n) is 6.61. The lowest BCUT2D eigenvalue weighted by Gasteiger charge is -2.24. The Bertz CT molecular complexity index is 968. The number of nitrogens with zero attached hydrogens (tertiary/aromatic N) is 2. The van der Waals surface area contributed by atoms with E-state index in [1.807, 2.05) is 47.5 Å². The summed E-state index contributed by atoms with van der Waals surface area (Å²) in [7, 11) is 0. The van der Waals surface area contributed by atoms with Gasteiger partial charge >= 0.3 is 0 Å². The largest absolute Gasteiger partial charge is 0.345 e. The molecule has 0 aliphatic carbocycles. The molecule has 146 valence electrons. The lowest BCUT2D eigenvalue weighted by molar-refractivity contribution is 0.0740. The van der Waals surface area contributed by atoms with Crippen molar-refractivity contribution < 1.29 is 4.79 Å². The van der Waals surface area contributed by atoms with Crippen LogP contribution in [-0.4, -0.2) is 21.9 Å². The molecule has 0 atom stereocenters. The lowest BCUT2D eigenvalue weighted by atomic mass is 10.2. The van der Waals surface area contributed by atoms with Gasteiger partial charge in [-0.2, -0.15) is 0 Å². The maximum absolute atomic E-state index is 13.1. The molecule has 0 fully saturated rings. The fraction of sp³-hybridized carbons (Fsp3) is 0.227.